The number of carboxylic acids is 1. The van der Waals surface area contributed by atoms with E-state index in [2.05, 4.69) is 54.5 Å². The predicted molar refractivity (Wildman–Crippen MR) is 217 cm³/mol. The van der Waals surface area contributed by atoms with Crippen molar-refractivity contribution in [2.24, 2.45) is 50.2 Å². The normalized spacial score (nSPS) is 49.6. The molecule has 7 aliphatic rings. The number of carbonyl (C=O) groups excluding carboxylic acids is 1. The van der Waals surface area contributed by atoms with E-state index in [1.54, 1.807) is 0 Å². The number of esters is 1. The summed E-state index contributed by atoms with van der Waals surface area (Å²) in [7, 11) is 0. The number of carboxylic acid groups (broad SMARTS) is 1. The molecule has 342 valence electrons. The fourth-order valence-electron chi connectivity index (χ4n) is 14.0. The molecule has 2 saturated heterocycles. The number of aliphatic hydroxyl groups is 6. The highest BCUT2D eigenvalue weighted by Gasteiger charge is 2.70. The number of ether oxygens (including phenoxy) is 5. The molecule has 0 aromatic heterocycles. The quantitative estimate of drug-likeness (QED) is 0.0708. The molecule has 7 N–H and O–H groups in total. The van der Waals surface area contributed by atoms with Crippen LogP contribution in [0.5, 0.6) is 0 Å². The summed E-state index contributed by atoms with van der Waals surface area (Å²) in [4.78, 5) is 26.4. The third kappa shape index (κ3) is 7.23. The van der Waals surface area contributed by atoms with Crippen molar-refractivity contribution in [3.05, 3.63) is 11.6 Å². The Morgan fingerprint density at radius 2 is 1.48 bits per heavy atom. The van der Waals surface area contributed by atoms with Crippen LogP contribution in [0.1, 0.15) is 132 Å². The van der Waals surface area contributed by atoms with E-state index in [0.717, 1.165) is 57.8 Å². The Morgan fingerprint density at radius 3 is 2.15 bits per heavy atom. The maximum Gasteiger partial charge on any atom is 0.338 e. The van der Waals surface area contributed by atoms with Gasteiger partial charge in [0, 0.05) is 0 Å². The van der Waals surface area contributed by atoms with Crippen LogP contribution in [-0.2, 0) is 33.3 Å². The summed E-state index contributed by atoms with van der Waals surface area (Å²) in [5.41, 5.74) is -0.00566. The van der Waals surface area contributed by atoms with Crippen LogP contribution in [0.4, 0.5) is 0 Å². The van der Waals surface area contributed by atoms with Crippen LogP contribution in [0.2, 0.25) is 0 Å². The van der Waals surface area contributed by atoms with Gasteiger partial charge in [-0.2, -0.15) is 0 Å². The van der Waals surface area contributed by atoms with Crippen molar-refractivity contribution >= 4 is 11.9 Å². The van der Waals surface area contributed by atoms with Crippen molar-refractivity contribution < 1.29 is 69.0 Å². The second-order valence-corrected chi connectivity index (χ2v) is 21.9. The van der Waals surface area contributed by atoms with Gasteiger partial charge in [-0.3, -0.25) is 4.79 Å². The lowest BCUT2D eigenvalue weighted by Gasteiger charge is -2.71. The van der Waals surface area contributed by atoms with Gasteiger partial charge in [0.25, 0.3) is 0 Å². The van der Waals surface area contributed by atoms with Crippen molar-refractivity contribution in [3.63, 3.8) is 0 Å². The highest BCUT2D eigenvalue weighted by atomic mass is 16.8. The first-order valence-electron chi connectivity index (χ1n) is 22.8. The average molecular weight is 851 g/mol. The van der Waals surface area contributed by atoms with E-state index < -0.39 is 96.9 Å². The zero-order valence-electron chi connectivity index (χ0n) is 37.0. The number of aliphatic carboxylic acids is 1. The molecule has 6 fully saturated rings. The Balaban J connectivity index is 1.16. The lowest BCUT2D eigenvalue weighted by atomic mass is 9.33. The summed E-state index contributed by atoms with van der Waals surface area (Å²) < 4.78 is 30.1. The van der Waals surface area contributed by atoms with Gasteiger partial charge in [-0.1, -0.05) is 73.5 Å². The van der Waals surface area contributed by atoms with E-state index >= 15 is 0 Å². The zero-order valence-corrected chi connectivity index (χ0v) is 37.0. The van der Waals surface area contributed by atoms with Gasteiger partial charge in [0.15, 0.2) is 18.7 Å². The molecule has 5 aliphatic carbocycles. The molecule has 0 unspecified atom stereocenters. The van der Waals surface area contributed by atoms with E-state index in [1.165, 1.54) is 5.57 Å². The third-order valence-electron chi connectivity index (χ3n) is 18.0. The molecule has 2 heterocycles. The minimum absolute atomic E-state index is 0.0247. The topological polar surface area (TPSA) is 222 Å². The van der Waals surface area contributed by atoms with E-state index in [9.17, 15) is 45.3 Å². The largest absolute Gasteiger partial charge is 0.481 e. The van der Waals surface area contributed by atoms with Gasteiger partial charge in [0.05, 0.1) is 24.7 Å². The molecule has 0 amide bonds. The molecule has 0 aromatic carbocycles. The number of aliphatic hydroxyl groups excluding tert-OH is 6. The van der Waals surface area contributed by atoms with Gasteiger partial charge in [0.1, 0.15) is 42.7 Å². The Hall–Kier alpha value is -1.72. The van der Waals surface area contributed by atoms with Crippen LogP contribution in [0, 0.1) is 50.2 Å². The number of carbonyl (C=O) groups is 2. The van der Waals surface area contributed by atoms with E-state index in [-0.39, 0.29) is 40.1 Å². The van der Waals surface area contributed by atoms with Crippen LogP contribution in [-0.4, -0.2) is 128 Å². The number of fused-ring (bicyclic) bond motifs is 7. The standard InChI is InChI=1S/C46H74O14/c1-9-10-21-56-37(53)35-32(50)33(51)36(60-38-34(52)31(49)30(48)26(23-47)57-38)39(59-35)58-29-14-15-43(6)27(42(29,4)5)13-16-45(8)28(43)12-11-24-25-22-41(2,3)17-19-46(25,40(54)55)20-18-44(24,45)7/h11,25-36,38-39,47-52H,9-10,12-23H2,1-8H3,(H,54,55)/t25-,26+,27-,28+,29-,30-,31-,32-,33-,34+,35-,36+,38-,39+,43-,44+,45+,46-/m0/s1. The van der Waals surface area contributed by atoms with Gasteiger partial charge in [0.2, 0.25) is 0 Å². The fourth-order valence-corrected chi connectivity index (χ4v) is 14.0. The zero-order chi connectivity index (χ0) is 44.0. The number of rotatable bonds is 10. The van der Waals surface area contributed by atoms with Gasteiger partial charge in [-0.05, 0) is 115 Å². The highest BCUT2D eigenvalue weighted by Crippen LogP contribution is 2.76. The van der Waals surface area contributed by atoms with Gasteiger partial charge >= 0.3 is 11.9 Å². The maximum atomic E-state index is 13.3. The molecule has 14 heteroatoms. The molecule has 4 saturated carbocycles. The summed E-state index contributed by atoms with van der Waals surface area (Å²) >= 11 is 0. The third-order valence-corrected chi connectivity index (χ3v) is 18.0. The van der Waals surface area contributed by atoms with Crippen LogP contribution >= 0.6 is 0 Å². The Bertz CT molecular complexity index is 1630. The molecular weight excluding hydrogens is 776 g/mol. The molecular formula is C46H74O14. The van der Waals surface area contributed by atoms with E-state index in [0.29, 0.717) is 25.2 Å². The summed E-state index contributed by atoms with van der Waals surface area (Å²) in [6, 6.07) is 0. The molecule has 0 aromatic rings. The summed E-state index contributed by atoms with van der Waals surface area (Å²) in [6.45, 7) is 17.6. The first kappa shape index (κ1) is 46.3. The van der Waals surface area contributed by atoms with Crippen molar-refractivity contribution in [2.45, 2.75) is 200 Å². The summed E-state index contributed by atoms with van der Waals surface area (Å²) in [6.07, 6.45) is -4.71. The molecule has 0 bridgehead atoms. The molecule has 0 spiro atoms. The van der Waals surface area contributed by atoms with Gasteiger partial charge in [-0.15, -0.1) is 0 Å². The molecule has 18 atom stereocenters. The van der Waals surface area contributed by atoms with E-state index in [1.807, 2.05) is 6.92 Å². The van der Waals surface area contributed by atoms with Crippen molar-refractivity contribution in [1.82, 2.24) is 0 Å². The Kier molecular flexibility index (Phi) is 12.6. The summed E-state index contributed by atoms with van der Waals surface area (Å²) in [5.74, 6) is -0.959. The smallest absolute Gasteiger partial charge is 0.338 e. The first-order chi connectivity index (χ1) is 28.0. The average Bonchev–Trinajstić information content (AvgIpc) is 3.18. The lowest BCUT2D eigenvalue weighted by molar-refractivity contribution is -0.374. The minimum Gasteiger partial charge on any atom is -0.481 e. The predicted octanol–water partition coefficient (Wildman–Crippen LogP) is 4.23. The molecule has 7 rings (SSSR count). The number of hydrogen-bond donors (Lipinski definition) is 7. The SMILES string of the molecule is CCCCOC(=O)[C@H]1O[C@@H](O[C@H]2CC[C@]3(C)[C@H]4CC=C5[C@@H]6CC(C)(C)CC[C@]6(C(=O)O)CC[C@@]5(C)[C@]4(C)CC[C@H]3C2(C)C)[C@H](O[C@@H]2O[C@H](CO)[C@H](O)[C@H](O)[C@H]2O)[C@@H](O)[C@@H]1O. The van der Waals surface area contributed by atoms with Crippen molar-refractivity contribution in [3.8, 4) is 0 Å². The molecule has 60 heavy (non-hydrogen) atoms. The molecule has 0 radical (unpaired) electrons. The van der Waals surface area contributed by atoms with Gasteiger partial charge < -0.3 is 59.4 Å². The number of hydrogen-bond acceptors (Lipinski definition) is 13. The minimum atomic E-state index is -1.81. The Labute approximate surface area is 355 Å². The van der Waals surface area contributed by atoms with Crippen LogP contribution < -0.4 is 0 Å². The first-order valence-corrected chi connectivity index (χ1v) is 22.8. The van der Waals surface area contributed by atoms with Gasteiger partial charge in [-0.25, -0.2) is 4.79 Å². The number of allylic oxidation sites excluding steroid dienone is 2. The van der Waals surface area contributed by atoms with Crippen LogP contribution in [0.25, 0.3) is 0 Å². The fraction of sp³-hybridized carbons (Fsp3) is 0.913. The van der Waals surface area contributed by atoms with Crippen molar-refractivity contribution in [2.75, 3.05) is 13.2 Å². The lowest BCUT2D eigenvalue weighted by Crippen LogP contribution is -2.67. The van der Waals surface area contributed by atoms with Crippen LogP contribution in [0.3, 0.4) is 0 Å². The molecule has 14 nitrogen and oxygen atoms in total. The van der Waals surface area contributed by atoms with E-state index in [4.69, 9.17) is 23.7 Å². The highest BCUT2D eigenvalue weighted by molar-refractivity contribution is 5.77. The summed E-state index contributed by atoms with van der Waals surface area (Å²) in [5, 5.41) is 75.2. The maximum absolute atomic E-state index is 13.3. The monoisotopic (exact) mass is 851 g/mol. The van der Waals surface area contributed by atoms with Crippen molar-refractivity contribution in [1.29, 1.82) is 0 Å². The van der Waals surface area contributed by atoms with Crippen LogP contribution in [0.15, 0.2) is 11.6 Å². The number of unbranched alkanes of at least 4 members (excludes halogenated alkanes) is 1. The second-order valence-electron chi connectivity index (χ2n) is 21.9. The Morgan fingerprint density at radius 1 is 0.783 bits per heavy atom. The molecule has 2 aliphatic heterocycles. The second kappa shape index (κ2) is 16.4.